The molecule has 3 N–H and O–H groups in total. The zero-order valence-electron chi connectivity index (χ0n) is 11.5. The van der Waals surface area contributed by atoms with Gasteiger partial charge >= 0.3 is 0 Å². The Balaban J connectivity index is 0.00000110. The molecule has 1 amide bonds. The lowest BCUT2D eigenvalue weighted by Gasteiger charge is -2.14. The lowest BCUT2D eigenvalue weighted by molar-refractivity contribution is 0.0923. The molecule has 1 aliphatic carbocycles. The summed E-state index contributed by atoms with van der Waals surface area (Å²) in [6.45, 7) is 2.33. The minimum absolute atomic E-state index is 0. The van der Waals surface area contributed by atoms with E-state index in [1.807, 2.05) is 13.0 Å². The van der Waals surface area contributed by atoms with Crippen LogP contribution in [0.25, 0.3) is 5.78 Å². The summed E-state index contributed by atoms with van der Waals surface area (Å²) in [5.41, 5.74) is 6.55. The number of hydrogen-bond acceptors (Lipinski definition) is 5. The number of carbonyl (C=O) groups excluding carboxylic acids is 1. The van der Waals surface area contributed by atoms with Gasteiger partial charge in [-0.25, -0.2) is 9.50 Å². The van der Waals surface area contributed by atoms with Gasteiger partial charge in [-0.1, -0.05) is 0 Å². The van der Waals surface area contributed by atoms with Crippen molar-refractivity contribution in [2.75, 3.05) is 6.54 Å². The largest absolute Gasteiger partial charge is 0.345 e. The Bertz CT molecular complexity index is 627. The average molecular weight is 333 g/mol. The molecule has 116 valence electrons. The zero-order valence-corrected chi connectivity index (χ0v) is 13.2. The van der Waals surface area contributed by atoms with Gasteiger partial charge in [0.1, 0.15) is 0 Å². The Morgan fingerprint density at radius 3 is 2.81 bits per heavy atom. The Morgan fingerprint density at radius 2 is 2.24 bits per heavy atom. The van der Waals surface area contributed by atoms with E-state index < -0.39 is 0 Å². The number of aryl methyl sites for hydroxylation is 1. The molecule has 1 unspecified atom stereocenters. The number of nitrogens with zero attached hydrogens (tertiary/aromatic N) is 4. The fourth-order valence-corrected chi connectivity index (χ4v) is 2.10. The smallest absolute Gasteiger partial charge is 0.291 e. The number of fused-ring (bicyclic) bond motifs is 1. The SMILES string of the molecule is Cc1ccnc2nc(C(=O)NC(CN)C3CC3)nn12.Cl.Cl. The maximum Gasteiger partial charge on any atom is 0.291 e. The molecule has 2 aromatic rings. The third-order valence-corrected chi connectivity index (χ3v) is 3.39. The predicted molar refractivity (Wildman–Crippen MR) is 83.0 cm³/mol. The van der Waals surface area contributed by atoms with E-state index in [-0.39, 0.29) is 42.6 Å². The minimum atomic E-state index is -0.285. The van der Waals surface area contributed by atoms with Crippen LogP contribution in [-0.4, -0.2) is 38.1 Å². The van der Waals surface area contributed by atoms with Gasteiger partial charge in [-0.15, -0.1) is 29.9 Å². The van der Waals surface area contributed by atoms with Crippen LogP contribution in [0.5, 0.6) is 0 Å². The number of aromatic nitrogens is 4. The first kappa shape index (κ1) is 17.6. The van der Waals surface area contributed by atoms with Crippen molar-refractivity contribution < 1.29 is 4.79 Å². The molecule has 1 atom stereocenters. The molecular formula is C12H18Cl2N6O. The van der Waals surface area contributed by atoms with Crippen molar-refractivity contribution in [2.24, 2.45) is 11.7 Å². The van der Waals surface area contributed by atoms with E-state index in [2.05, 4.69) is 20.4 Å². The Morgan fingerprint density at radius 1 is 1.52 bits per heavy atom. The van der Waals surface area contributed by atoms with E-state index in [4.69, 9.17) is 5.73 Å². The second-order valence-corrected chi connectivity index (χ2v) is 4.89. The highest BCUT2D eigenvalue weighted by Gasteiger charge is 2.32. The van der Waals surface area contributed by atoms with Crippen molar-refractivity contribution in [2.45, 2.75) is 25.8 Å². The summed E-state index contributed by atoms with van der Waals surface area (Å²) in [7, 11) is 0. The molecule has 1 saturated carbocycles. The highest BCUT2D eigenvalue weighted by Crippen LogP contribution is 2.32. The second-order valence-electron chi connectivity index (χ2n) is 4.89. The molecule has 0 radical (unpaired) electrons. The van der Waals surface area contributed by atoms with Gasteiger partial charge in [0.25, 0.3) is 11.7 Å². The zero-order chi connectivity index (χ0) is 13.4. The van der Waals surface area contributed by atoms with Crippen molar-refractivity contribution in [1.29, 1.82) is 0 Å². The van der Waals surface area contributed by atoms with Gasteiger partial charge < -0.3 is 11.1 Å². The molecule has 2 aromatic heterocycles. The standard InChI is InChI=1S/C12H16N6O.2ClH/c1-7-4-5-14-12-16-10(17-18(7)12)11(19)15-9(6-13)8-2-3-8;;/h4-5,8-9H,2-3,6,13H2,1H3,(H,15,19);2*1H. The molecule has 1 fully saturated rings. The molecule has 0 aliphatic heterocycles. The summed E-state index contributed by atoms with van der Waals surface area (Å²) in [4.78, 5) is 20.3. The number of hydrogen-bond donors (Lipinski definition) is 2. The molecule has 2 heterocycles. The number of nitrogens with one attached hydrogen (secondary N) is 1. The van der Waals surface area contributed by atoms with E-state index in [1.165, 1.54) is 0 Å². The van der Waals surface area contributed by atoms with Crippen LogP contribution in [0.2, 0.25) is 0 Å². The van der Waals surface area contributed by atoms with Crippen LogP contribution in [0.3, 0.4) is 0 Å². The number of amides is 1. The molecule has 7 nitrogen and oxygen atoms in total. The molecule has 0 saturated heterocycles. The van der Waals surface area contributed by atoms with Crippen LogP contribution in [0, 0.1) is 12.8 Å². The summed E-state index contributed by atoms with van der Waals surface area (Å²) in [5, 5.41) is 7.06. The van der Waals surface area contributed by atoms with Crippen molar-refractivity contribution in [3.8, 4) is 0 Å². The molecule has 0 aromatic carbocycles. The highest BCUT2D eigenvalue weighted by atomic mass is 35.5. The maximum absolute atomic E-state index is 12.1. The van der Waals surface area contributed by atoms with E-state index in [0.717, 1.165) is 18.5 Å². The fourth-order valence-electron chi connectivity index (χ4n) is 2.10. The minimum Gasteiger partial charge on any atom is -0.345 e. The fraction of sp³-hybridized carbons (Fsp3) is 0.500. The van der Waals surface area contributed by atoms with Gasteiger partial charge in [0.05, 0.1) is 0 Å². The Hall–Kier alpha value is -1.44. The first-order valence-corrected chi connectivity index (χ1v) is 6.38. The van der Waals surface area contributed by atoms with Gasteiger partial charge in [-0.05, 0) is 31.7 Å². The third-order valence-electron chi connectivity index (χ3n) is 3.39. The van der Waals surface area contributed by atoms with Crippen LogP contribution >= 0.6 is 24.8 Å². The van der Waals surface area contributed by atoms with E-state index in [0.29, 0.717) is 18.2 Å². The first-order valence-electron chi connectivity index (χ1n) is 6.38. The summed E-state index contributed by atoms with van der Waals surface area (Å²) in [6, 6.07) is 1.84. The maximum atomic E-state index is 12.1. The lowest BCUT2D eigenvalue weighted by Crippen LogP contribution is -2.42. The summed E-state index contributed by atoms with van der Waals surface area (Å²) < 4.78 is 1.56. The topological polar surface area (TPSA) is 98.2 Å². The first-order chi connectivity index (χ1) is 9.19. The quantitative estimate of drug-likeness (QED) is 0.860. The van der Waals surface area contributed by atoms with E-state index in [9.17, 15) is 4.79 Å². The third kappa shape index (κ3) is 3.61. The molecule has 1 aliphatic rings. The molecule has 9 heteroatoms. The second kappa shape index (κ2) is 7.02. The molecule has 21 heavy (non-hydrogen) atoms. The van der Waals surface area contributed by atoms with Crippen molar-refractivity contribution >= 4 is 36.5 Å². The predicted octanol–water partition coefficient (Wildman–Crippen LogP) is 0.743. The monoisotopic (exact) mass is 332 g/mol. The summed E-state index contributed by atoms with van der Waals surface area (Å²) >= 11 is 0. The van der Waals surface area contributed by atoms with Crippen LogP contribution in [0.15, 0.2) is 12.3 Å². The molecule has 0 spiro atoms. The number of carbonyl (C=O) groups is 1. The van der Waals surface area contributed by atoms with Crippen LogP contribution in [0.4, 0.5) is 0 Å². The lowest BCUT2D eigenvalue weighted by atomic mass is 10.2. The van der Waals surface area contributed by atoms with Gasteiger partial charge in [0.2, 0.25) is 5.82 Å². The number of rotatable bonds is 4. The molecular weight excluding hydrogens is 315 g/mol. The average Bonchev–Trinajstić information content (AvgIpc) is 3.14. The van der Waals surface area contributed by atoms with E-state index >= 15 is 0 Å². The normalized spacial score (nSPS) is 15.0. The Kier molecular flexibility index (Phi) is 5.88. The highest BCUT2D eigenvalue weighted by molar-refractivity contribution is 5.91. The van der Waals surface area contributed by atoms with Crippen LogP contribution in [-0.2, 0) is 0 Å². The van der Waals surface area contributed by atoms with Gasteiger partial charge in [-0.2, -0.15) is 4.98 Å². The van der Waals surface area contributed by atoms with Crippen LogP contribution < -0.4 is 11.1 Å². The van der Waals surface area contributed by atoms with Gasteiger partial charge in [-0.3, -0.25) is 4.79 Å². The number of nitrogens with two attached hydrogens (primary N) is 1. The number of halogens is 2. The summed E-state index contributed by atoms with van der Waals surface area (Å²) in [5.74, 6) is 0.792. The Labute approximate surface area is 134 Å². The molecule has 3 rings (SSSR count). The van der Waals surface area contributed by atoms with Crippen molar-refractivity contribution in [1.82, 2.24) is 24.9 Å². The summed E-state index contributed by atoms with van der Waals surface area (Å²) in [6.07, 6.45) is 3.90. The van der Waals surface area contributed by atoms with Gasteiger partial charge in [0, 0.05) is 24.5 Å². The molecule has 0 bridgehead atoms. The van der Waals surface area contributed by atoms with Gasteiger partial charge in [0.15, 0.2) is 0 Å². The van der Waals surface area contributed by atoms with Crippen molar-refractivity contribution in [3.63, 3.8) is 0 Å². The van der Waals surface area contributed by atoms with Crippen LogP contribution in [0.1, 0.15) is 29.2 Å². The van der Waals surface area contributed by atoms with E-state index in [1.54, 1.807) is 10.7 Å². The van der Waals surface area contributed by atoms with Crippen molar-refractivity contribution in [3.05, 3.63) is 23.8 Å².